The molecular weight excluding hydrogens is 254 g/mol. The Morgan fingerprint density at radius 3 is 2.80 bits per heavy atom. The topological polar surface area (TPSA) is 56.4 Å². The number of hydrogen-bond donors (Lipinski definition) is 0. The van der Waals surface area contributed by atoms with Gasteiger partial charge in [0.1, 0.15) is 5.52 Å². The van der Waals surface area contributed by atoms with Gasteiger partial charge in [-0.2, -0.15) is 5.10 Å². The van der Waals surface area contributed by atoms with Crippen LogP contribution in [-0.2, 0) is 6.54 Å². The number of nitrogens with zero attached hydrogens (tertiary/aromatic N) is 3. The average Bonchev–Trinajstić information content (AvgIpc) is 2.91. The Morgan fingerprint density at radius 1 is 1.20 bits per heavy atom. The molecule has 0 bridgehead atoms. The third kappa shape index (κ3) is 2.03. The summed E-state index contributed by atoms with van der Waals surface area (Å²) in [7, 11) is 0. The highest BCUT2D eigenvalue weighted by Gasteiger charge is 2.11. The van der Waals surface area contributed by atoms with Crippen LogP contribution in [0.1, 0.15) is 15.9 Å². The minimum Gasteiger partial charge on any atom is -0.304 e. The summed E-state index contributed by atoms with van der Waals surface area (Å²) >= 11 is 0. The molecule has 0 saturated heterocycles. The van der Waals surface area contributed by atoms with E-state index in [2.05, 4.69) is 5.10 Å². The van der Waals surface area contributed by atoms with Crippen molar-refractivity contribution in [1.82, 2.24) is 14.2 Å². The quantitative estimate of drug-likeness (QED) is 0.678. The molecule has 3 aromatic rings. The highest BCUT2D eigenvalue weighted by atomic mass is 16.1. The number of rotatable bonds is 3. The molecule has 20 heavy (non-hydrogen) atoms. The number of carbonyl (C=O) groups excluding carboxylic acids is 1. The van der Waals surface area contributed by atoms with Gasteiger partial charge in [0.05, 0.1) is 12.7 Å². The molecule has 0 aliphatic rings. The van der Waals surface area contributed by atoms with Gasteiger partial charge in [-0.15, -0.1) is 0 Å². The fourth-order valence-corrected chi connectivity index (χ4v) is 2.21. The number of Topliss-reactive ketones (excluding diaryl/α,β-unsaturated/α-hetero) is 1. The van der Waals surface area contributed by atoms with Crippen molar-refractivity contribution in [2.45, 2.75) is 13.5 Å². The summed E-state index contributed by atoms with van der Waals surface area (Å²) in [5.74, 6) is -0.0749. The molecule has 0 amide bonds. The first kappa shape index (κ1) is 12.3. The van der Waals surface area contributed by atoms with Gasteiger partial charge in [0.2, 0.25) is 0 Å². The molecule has 2 aromatic heterocycles. The van der Waals surface area contributed by atoms with Crippen LogP contribution in [0.3, 0.4) is 0 Å². The van der Waals surface area contributed by atoms with Gasteiger partial charge in [-0.3, -0.25) is 9.59 Å². The lowest BCUT2D eigenvalue weighted by atomic mass is 10.1. The number of aromatic nitrogens is 3. The standard InChI is InChI=1S/C15H13N3O2/c1-11-4-2-3-5-12(11)14(19)10-17-8-9-18-13(15(17)20)6-7-16-18/h2-9H,10H2,1H3. The maximum absolute atomic E-state index is 12.3. The van der Waals surface area contributed by atoms with Crippen molar-refractivity contribution < 1.29 is 4.79 Å². The van der Waals surface area contributed by atoms with E-state index in [0.29, 0.717) is 11.1 Å². The van der Waals surface area contributed by atoms with Crippen LogP contribution in [0, 0.1) is 6.92 Å². The molecule has 100 valence electrons. The van der Waals surface area contributed by atoms with Gasteiger partial charge in [0, 0.05) is 18.0 Å². The van der Waals surface area contributed by atoms with Crippen LogP contribution in [-0.4, -0.2) is 20.0 Å². The van der Waals surface area contributed by atoms with Crippen molar-refractivity contribution in [3.8, 4) is 0 Å². The van der Waals surface area contributed by atoms with Crippen LogP contribution in [0.2, 0.25) is 0 Å². The average molecular weight is 267 g/mol. The summed E-state index contributed by atoms with van der Waals surface area (Å²) in [4.78, 5) is 24.5. The van der Waals surface area contributed by atoms with E-state index in [0.717, 1.165) is 5.56 Å². The van der Waals surface area contributed by atoms with Crippen LogP contribution in [0.4, 0.5) is 0 Å². The smallest absolute Gasteiger partial charge is 0.276 e. The summed E-state index contributed by atoms with van der Waals surface area (Å²) in [5, 5.41) is 3.99. The molecule has 2 heterocycles. The molecule has 0 radical (unpaired) electrons. The predicted octanol–water partition coefficient (Wildman–Crippen LogP) is 1.69. The van der Waals surface area contributed by atoms with Gasteiger partial charge >= 0.3 is 0 Å². The van der Waals surface area contributed by atoms with E-state index in [9.17, 15) is 9.59 Å². The second-order valence-electron chi connectivity index (χ2n) is 4.63. The number of aryl methyl sites for hydroxylation is 1. The summed E-state index contributed by atoms with van der Waals surface area (Å²) in [5.41, 5.74) is 1.81. The first-order chi connectivity index (χ1) is 9.66. The zero-order valence-corrected chi connectivity index (χ0v) is 11.0. The summed E-state index contributed by atoms with van der Waals surface area (Å²) < 4.78 is 2.91. The van der Waals surface area contributed by atoms with Crippen molar-refractivity contribution in [2.24, 2.45) is 0 Å². The zero-order valence-electron chi connectivity index (χ0n) is 11.0. The van der Waals surface area contributed by atoms with Crippen LogP contribution in [0.15, 0.2) is 53.7 Å². The predicted molar refractivity (Wildman–Crippen MR) is 75.0 cm³/mol. The Morgan fingerprint density at radius 2 is 2.00 bits per heavy atom. The second-order valence-corrected chi connectivity index (χ2v) is 4.63. The van der Waals surface area contributed by atoms with Crippen LogP contribution in [0.5, 0.6) is 0 Å². The van der Waals surface area contributed by atoms with E-state index in [1.165, 1.54) is 9.08 Å². The summed E-state index contributed by atoms with van der Waals surface area (Å²) in [6.07, 6.45) is 4.81. The zero-order chi connectivity index (χ0) is 14.1. The lowest BCUT2D eigenvalue weighted by Gasteiger charge is -2.07. The van der Waals surface area contributed by atoms with E-state index in [1.807, 2.05) is 25.1 Å². The largest absolute Gasteiger partial charge is 0.304 e. The van der Waals surface area contributed by atoms with Crippen molar-refractivity contribution in [3.05, 3.63) is 70.4 Å². The highest BCUT2D eigenvalue weighted by molar-refractivity contribution is 5.97. The van der Waals surface area contributed by atoms with E-state index < -0.39 is 0 Å². The van der Waals surface area contributed by atoms with Crippen molar-refractivity contribution in [3.63, 3.8) is 0 Å². The van der Waals surface area contributed by atoms with Crippen LogP contribution in [0.25, 0.3) is 5.52 Å². The molecular formula is C15H13N3O2. The number of ketones is 1. The molecule has 3 rings (SSSR count). The van der Waals surface area contributed by atoms with Gasteiger partial charge < -0.3 is 4.57 Å². The highest BCUT2D eigenvalue weighted by Crippen LogP contribution is 2.08. The van der Waals surface area contributed by atoms with Crippen LogP contribution < -0.4 is 5.56 Å². The molecule has 5 heteroatoms. The first-order valence-electron chi connectivity index (χ1n) is 6.28. The summed E-state index contributed by atoms with van der Waals surface area (Å²) in [6, 6.07) is 9.01. The number of carbonyl (C=O) groups is 1. The molecule has 5 nitrogen and oxygen atoms in total. The first-order valence-corrected chi connectivity index (χ1v) is 6.28. The Balaban J connectivity index is 1.97. The second kappa shape index (κ2) is 4.77. The van der Waals surface area contributed by atoms with Gasteiger partial charge in [-0.25, -0.2) is 4.52 Å². The Bertz CT molecular complexity index is 845. The SMILES string of the molecule is Cc1ccccc1C(=O)Cn1ccn2nccc2c1=O. The summed E-state index contributed by atoms with van der Waals surface area (Å²) in [6.45, 7) is 1.92. The van der Waals surface area contributed by atoms with Crippen molar-refractivity contribution >= 4 is 11.3 Å². The number of benzene rings is 1. The van der Waals surface area contributed by atoms with Gasteiger partial charge in [-0.05, 0) is 18.6 Å². The van der Waals surface area contributed by atoms with Crippen molar-refractivity contribution in [2.75, 3.05) is 0 Å². The fourth-order valence-electron chi connectivity index (χ4n) is 2.21. The molecule has 0 unspecified atom stereocenters. The van der Waals surface area contributed by atoms with E-state index in [1.54, 1.807) is 30.7 Å². The minimum atomic E-state index is -0.216. The van der Waals surface area contributed by atoms with Crippen molar-refractivity contribution in [1.29, 1.82) is 0 Å². The molecule has 1 aromatic carbocycles. The Hall–Kier alpha value is -2.69. The molecule has 0 aliphatic carbocycles. The maximum Gasteiger partial charge on any atom is 0.276 e. The number of hydrogen-bond acceptors (Lipinski definition) is 3. The maximum atomic E-state index is 12.3. The Labute approximate surface area is 115 Å². The molecule has 0 spiro atoms. The monoisotopic (exact) mass is 267 g/mol. The number of fused-ring (bicyclic) bond motifs is 1. The van der Waals surface area contributed by atoms with E-state index >= 15 is 0 Å². The molecule has 0 aliphatic heterocycles. The molecule has 0 fully saturated rings. The third-order valence-electron chi connectivity index (χ3n) is 3.30. The molecule has 0 atom stereocenters. The van der Waals surface area contributed by atoms with Gasteiger partial charge in [0.15, 0.2) is 5.78 Å². The van der Waals surface area contributed by atoms with Gasteiger partial charge in [-0.1, -0.05) is 24.3 Å². The fraction of sp³-hybridized carbons (Fsp3) is 0.133. The normalized spacial score (nSPS) is 10.8. The van der Waals surface area contributed by atoms with Gasteiger partial charge in [0.25, 0.3) is 5.56 Å². The van der Waals surface area contributed by atoms with E-state index in [4.69, 9.17) is 0 Å². The minimum absolute atomic E-state index is 0.0331. The van der Waals surface area contributed by atoms with E-state index in [-0.39, 0.29) is 17.9 Å². The molecule has 0 N–H and O–H groups in total. The lowest BCUT2D eigenvalue weighted by molar-refractivity contribution is 0.0970. The van der Waals surface area contributed by atoms with Crippen LogP contribution >= 0.6 is 0 Å². The third-order valence-corrected chi connectivity index (χ3v) is 3.30. The lowest BCUT2D eigenvalue weighted by Crippen LogP contribution is -2.25. The Kier molecular flexibility index (Phi) is 2.95. The molecule has 0 saturated carbocycles.